The summed E-state index contributed by atoms with van der Waals surface area (Å²) in [4.78, 5) is 33.0. The van der Waals surface area contributed by atoms with Crippen molar-refractivity contribution < 1.29 is 9.53 Å². The molecule has 1 saturated heterocycles. The van der Waals surface area contributed by atoms with Crippen LogP contribution >= 0.6 is 0 Å². The van der Waals surface area contributed by atoms with Gasteiger partial charge in [0.05, 0.1) is 6.54 Å². The lowest BCUT2D eigenvalue weighted by Gasteiger charge is -2.32. The van der Waals surface area contributed by atoms with Crippen LogP contribution in [0.4, 0.5) is 0 Å². The third kappa shape index (κ3) is 3.38. The number of ether oxygens (including phenoxy) is 1. The second kappa shape index (κ2) is 6.87. The topological polar surface area (TPSA) is 125 Å². The number of likely N-dealkylation sites (tertiary alicyclic amines) is 1. The van der Waals surface area contributed by atoms with Crippen LogP contribution in [0, 0.1) is 11.3 Å². The molecule has 9 nitrogen and oxygen atoms in total. The number of aromatic nitrogens is 4. The van der Waals surface area contributed by atoms with E-state index in [1.807, 2.05) is 6.07 Å². The molecular formula is C15H14N6O3. The number of H-pyrrole nitrogens is 1. The molecular weight excluding hydrogens is 312 g/mol. The Morgan fingerprint density at radius 2 is 2.21 bits per heavy atom. The predicted molar refractivity (Wildman–Crippen MR) is 81.2 cm³/mol. The normalized spacial score (nSPS) is 17.1. The van der Waals surface area contributed by atoms with Crippen LogP contribution in [0.15, 0.2) is 29.3 Å². The standard InChI is InChI=1S/C15H14N6O3/c16-8-12-14(18-6-5-17-12)24-10-2-1-7-21(9-10)15(23)11-3-4-13(22)20-19-11/h3-6,10H,1-2,7,9H2,(H,20,22)/t10-/m0/s1. The van der Waals surface area contributed by atoms with E-state index in [1.54, 1.807) is 4.90 Å². The van der Waals surface area contributed by atoms with Crippen LogP contribution in [-0.4, -0.2) is 50.2 Å². The van der Waals surface area contributed by atoms with Crippen LogP contribution in [0.2, 0.25) is 0 Å². The zero-order valence-corrected chi connectivity index (χ0v) is 12.7. The van der Waals surface area contributed by atoms with Gasteiger partial charge in [-0.3, -0.25) is 9.59 Å². The van der Waals surface area contributed by atoms with Crippen molar-refractivity contribution >= 4 is 5.91 Å². The minimum atomic E-state index is -0.363. The van der Waals surface area contributed by atoms with E-state index in [2.05, 4.69) is 20.2 Å². The van der Waals surface area contributed by atoms with Gasteiger partial charge >= 0.3 is 0 Å². The zero-order chi connectivity index (χ0) is 16.9. The molecule has 0 aromatic carbocycles. The average molecular weight is 326 g/mol. The minimum Gasteiger partial charge on any atom is -0.470 e. The van der Waals surface area contributed by atoms with Crippen LogP contribution in [0.25, 0.3) is 0 Å². The molecule has 1 fully saturated rings. The molecule has 1 aliphatic rings. The molecule has 1 N–H and O–H groups in total. The van der Waals surface area contributed by atoms with Crippen molar-refractivity contribution in [2.24, 2.45) is 0 Å². The van der Waals surface area contributed by atoms with Crippen molar-refractivity contribution in [2.45, 2.75) is 18.9 Å². The molecule has 24 heavy (non-hydrogen) atoms. The van der Waals surface area contributed by atoms with E-state index >= 15 is 0 Å². The number of piperidine rings is 1. The third-order valence-corrected chi connectivity index (χ3v) is 3.61. The van der Waals surface area contributed by atoms with Gasteiger partial charge in [0.15, 0.2) is 0 Å². The van der Waals surface area contributed by atoms with E-state index < -0.39 is 0 Å². The summed E-state index contributed by atoms with van der Waals surface area (Å²) in [6.07, 6.45) is 4.08. The number of nitriles is 1. The predicted octanol–water partition coefficient (Wildman–Crippen LogP) is 0.115. The maximum Gasteiger partial charge on any atom is 0.274 e. The lowest BCUT2D eigenvalue weighted by Crippen LogP contribution is -2.45. The molecule has 0 spiro atoms. The van der Waals surface area contributed by atoms with Crippen molar-refractivity contribution in [3.05, 3.63) is 46.3 Å². The molecule has 122 valence electrons. The fraction of sp³-hybridized carbons (Fsp3) is 0.333. The summed E-state index contributed by atoms with van der Waals surface area (Å²) in [6, 6.07) is 4.58. The number of carbonyl (C=O) groups excluding carboxylic acids is 1. The number of rotatable bonds is 3. The second-order valence-electron chi connectivity index (χ2n) is 5.26. The van der Waals surface area contributed by atoms with E-state index in [1.165, 1.54) is 24.5 Å². The molecule has 2 aromatic rings. The Balaban J connectivity index is 1.70. The van der Waals surface area contributed by atoms with Crippen LogP contribution in [0.3, 0.4) is 0 Å². The van der Waals surface area contributed by atoms with Gasteiger partial charge in [0.2, 0.25) is 5.69 Å². The number of hydrogen-bond acceptors (Lipinski definition) is 7. The fourth-order valence-corrected chi connectivity index (χ4v) is 2.49. The maximum atomic E-state index is 12.4. The molecule has 2 aromatic heterocycles. The van der Waals surface area contributed by atoms with Crippen molar-refractivity contribution in [1.82, 2.24) is 25.1 Å². The number of nitrogens with zero attached hydrogens (tertiary/aromatic N) is 5. The lowest BCUT2D eigenvalue weighted by atomic mass is 10.1. The summed E-state index contributed by atoms with van der Waals surface area (Å²) in [5, 5.41) is 15.0. The summed E-state index contributed by atoms with van der Waals surface area (Å²) < 4.78 is 5.74. The minimum absolute atomic E-state index is 0.114. The summed E-state index contributed by atoms with van der Waals surface area (Å²) in [6.45, 7) is 0.923. The first-order valence-corrected chi connectivity index (χ1v) is 7.40. The molecule has 9 heteroatoms. The molecule has 1 amide bonds. The van der Waals surface area contributed by atoms with Crippen molar-refractivity contribution in [3.8, 4) is 11.9 Å². The molecule has 0 bridgehead atoms. The number of nitrogens with one attached hydrogen (secondary N) is 1. The Hall–Kier alpha value is -3.28. The average Bonchev–Trinajstić information content (AvgIpc) is 2.62. The molecule has 0 saturated carbocycles. The molecule has 0 radical (unpaired) electrons. The first-order chi connectivity index (χ1) is 11.7. The largest absolute Gasteiger partial charge is 0.470 e. The van der Waals surface area contributed by atoms with E-state index in [9.17, 15) is 9.59 Å². The number of carbonyl (C=O) groups is 1. The molecule has 1 atom stereocenters. The molecule has 0 aliphatic carbocycles. The third-order valence-electron chi connectivity index (χ3n) is 3.61. The van der Waals surface area contributed by atoms with Gasteiger partial charge in [0.25, 0.3) is 17.3 Å². The first-order valence-electron chi connectivity index (χ1n) is 7.40. The SMILES string of the molecule is N#Cc1nccnc1O[C@H]1CCCN(C(=O)c2ccc(=O)[nH]n2)C1. The van der Waals surface area contributed by atoms with Gasteiger partial charge in [-0.05, 0) is 18.9 Å². The van der Waals surface area contributed by atoms with Crippen molar-refractivity contribution in [1.29, 1.82) is 5.26 Å². The van der Waals surface area contributed by atoms with Gasteiger partial charge in [-0.2, -0.15) is 10.4 Å². The smallest absolute Gasteiger partial charge is 0.274 e. The van der Waals surface area contributed by atoms with Gasteiger partial charge in [-0.15, -0.1) is 0 Å². The van der Waals surface area contributed by atoms with E-state index in [0.29, 0.717) is 13.1 Å². The van der Waals surface area contributed by atoms with Gasteiger partial charge < -0.3 is 9.64 Å². The van der Waals surface area contributed by atoms with Gasteiger partial charge in [0.1, 0.15) is 17.9 Å². The van der Waals surface area contributed by atoms with Crippen LogP contribution < -0.4 is 10.3 Å². The Morgan fingerprint density at radius 3 is 2.96 bits per heavy atom. The van der Waals surface area contributed by atoms with Crippen LogP contribution in [0.5, 0.6) is 5.88 Å². The number of amides is 1. The summed E-state index contributed by atoms with van der Waals surface area (Å²) in [7, 11) is 0. The fourth-order valence-electron chi connectivity index (χ4n) is 2.49. The second-order valence-corrected chi connectivity index (χ2v) is 5.26. The monoisotopic (exact) mass is 326 g/mol. The highest BCUT2D eigenvalue weighted by Crippen LogP contribution is 2.19. The quantitative estimate of drug-likeness (QED) is 0.849. The van der Waals surface area contributed by atoms with Crippen molar-refractivity contribution in [2.75, 3.05) is 13.1 Å². The Kier molecular flexibility index (Phi) is 4.47. The lowest BCUT2D eigenvalue weighted by molar-refractivity contribution is 0.0520. The Morgan fingerprint density at radius 1 is 1.38 bits per heavy atom. The maximum absolute atomic E-state index is 12.4. The molecule has 3 rings (SSSR count). The zero-order valence-electron chi connectivity index (χ0n) is 12.7. The summed E-state index contributed by atoms with van der Waals surface area (Å²) in [5.74, 6) is -0.110. The summed E-state index contributed by atoms with van der Waals surface area (Å²) in [5.41, 5.74) is -0.0752. The highest BCUT2D eigenvalue weighted by Gasteiger charge is 2.27. The first kappa shape index (κ1) is 15.6. The Labute approximate surface area is 136 Å². The van der Waals surface area contributed by atoms with Crippen molar-refractivity contribution in [3.63, 3.8) is 0 Å². The molecule has 0 unspecified atom stereocenters. The van der Waals surface area contributed by atoms with E-state index in [4.69, 9.17) is 10.00 Å². The Bertz CT molecular complexity index is 823. The van der Waals surface area contributed by atoms with E-state index in [-0.39, 0.29) is 34.8 Å². The number of aromatic amines is 1. The highest BCUT2D eigenvalue weighted by molar-refractivity contribution is 5.92. The van der Waals surface area contributed by atoms with Gasteiger partial charge in [-0.1, -0.05) is 0 Å². The highest BCUT2D eigenvalue weighted by atomic mass is 16.5. The van der Waals surface area contributed by atoms with Gasteiger partial charge in [0, 0.05) is 25.0 Å². The molecule has 3 heterocycles. The van der Waals surface area contributed by atoms with Gasteiger partial charge in [-0.25, -0.2) is 15.1 Å². The van der Waals surface area contributed by atoms with Crippen LogP contribution in [-0.2, 0) is 0 Å². The van der Waals surface area contributed by atoms with Crippen LogP contribution in [0.1, 0.15) is 29.0 Å². The number of hydrogen-bond donors (Lipinski definition) is 1. The van der Waals surface area contributed by atoms with E-state index in [0.717, 1.165) is 12.8 Å². The summed E-state index contributed by atoms with van der Waals surface area (Å²) >= 11 is 0. The molecule has 1 aliphatic heterocycles.